The highest BCUT2D eigenvalue weighted by Gasteiger charge is 2.55. The van der Waals surface area contributed by atoms with Gasteiger partial charge in [0.15, 0.2) is 0 Å². The minimum Gasteiger partial charge on any atom is -0.461 e. The van der Waals surface area contributed by atoms with Crippen molar-refractivity contribution in [1.29, 1.82) is 0 Å². The molecule has 0 aromatic heterocycles. The van der Waals surface area contributed by atoms with Crippen LogP contribution < -0.4 is 5.73 Å². The van der Waals surface area contributed by atoms with Crippen LogP contribution >= 0.6 is 0 Å². The Morgan fingerprint density at radius 1 is 1.62 bits per heavy atom. The van der Waals surface area contributed by atoms with Gasteiger partial charge in [0.2, 0.25) is 5.54 Å². The molecule has 1 saturated heterocycles. The molecule has 1 aliphatic heterocycles. The van der Waals surface area contributed by atoms with E-state index in [1.807, 2.05) is 0 Å². The van der Waals surface area contributed by atoms with E-state index in [0.717, 1.165) is 0 Å². The van der Waals surface area contributed by atoms with Crippen molar-refractivity contribution in [3.05, 3.63) is 0 Å². The fourth-order valence-corrected chi connectivity index (χ4v) is 0.798. The van der Waals surface area contributed by atoms with E-state index < -0.39 is 23.1 Å². The quantitative estimate of drug-likeness (QED) is 0.445. The Kier molecular flexibility index (Phi) is 2.07. The normalized spacial score (nSPS) is 27.5. The molecule has 13 heavy (non-hydrogen) atoms. The number of cyclic esters (lactones) is 1. The number of carbonyl (C=O) groups excluding carboxylic acids is 2. The zero-order valence-corrected chi connectivity index (χ0v) is 7.92. The summed E-state index contributed by atoms with van der Waals surface area (Å²) in [5.74, 6) is -1.45. The van der Waals surface area contributed by atoms with Crippen molar-refractivity contribution < 1.29 is 19.1 Å². The summed E-state index contributed by atoms with van der Waals surface area (Å²) in [5, 5.41) is 0. The van der Waals surface area contributed by atoms with E-state index in [0.29, 0.717) is 0 Å². The van der Waals surface area contributed by atoms with Gasteiger partial charge in [0.25, 0.3) is 0 Å². The second-order valence-corrected chi connectivity index (χ2v) is 4.05. The van der Waals surface area contributed by atoms with Gasteiger partial charge in [-0.25, -0.2) is 9.59 Å². The zero-order chi connectivity index (χ0) is 10.3. The molecule has 1 heterocycles. The first kappa shape index (κ1) is 9.98. The summed E-state index contributed by atoms with van der Waals surface area (Å²) in [6.45, 7) is 5.02. The third-order valence-corrected chi connectivity index (χ3v) is 1.56. The van der Waals surface area contributed by atoms with Crippen LogP contribution in [-0.2, 0) is 19.1 Å². The highest BCUT2D eigenvalue weighted by Crippen LogP contribution is 2.20. The Bertz CT molecular complexity index is 255. The molecule has 0 bridgehead atoms. The lowest BCUT2D eigenvalue weighted by Gasteiger charge is -2.35. The predicted molar refractivity (Wildman–Crippen MR) is 43.7 cm³/mol. The molecule has 0 radical (unpaired) electrons. The van der Waals surface area contributed by atoms with Gasteiger partial charge in [-0.1, -0.05) is 0 Å². The summed E-state index contributed by atoms with van der Waals surface area (Å²) in [5.41, 5.74) is 3.23. The second kappa shape index (κ2) is 2.70. The lowest BCUT2D eigenvalue weighted by Crippen LogP contribution is -2.68. The minimum atomic E-state index is -1.58. The third kappa shape index (κ3) is 1.80. The first-order valence-corrected chi connectivity index (χ1v) is 3.95. The highest BCUT2D eigenvalue weighted by atomic mass is 16.6. The number of hydrogen-bond donors (Lipinski definition) is 1. The van der Waals surface area contributed by atoms with Gasteiger partial charge in [-0.05, 0) is 20.8 Å². The van der Waals surface area contributed by atoms with E-state index in [1.54, 1.807) is 20.8 Å². The van der Waals surface area contributed by atoms with Crippen LogP contribution in [0.15, 0.2) is 0 Å². The Balaban J connectivity index is 2.64. The fraction of sp³-hybridized carbons (Fsp3) is 0.750. The molecule has 0 aromatic rings. The number of esters is 2. The summed E-state index contributed by atoms with van der Waals surface area (Å²) in [7, 11) is 0. The van der Waals surface area contributed by atoms with Crippen LogP contribution in [0.5, 0.6) is 0 Å². The molecule has 0 aliphatic carbocycles. The topological polar surface area (TPSA) is 78.6 Å². The van der Waals surface area contributed by atoms with Crippen molar-refractivity contribution in [3.8, 4) is 0 Å². The van der Waals surface area contributed by atoms with Gasteiger partial charge in [-0.2, -0.15) is 0 Å². The Labute approximate surface area is 76.2 Å². The SMILES string of the molecule is CC(C)(C)OC(=O)[C@]1(N)COC1=O. The van der Waals surface area contributed by atoms with Crippen LogP contribution in [0.2, 0.25) is 0 Å². The van der Waals surface area contributed by atoms with Gasteiger partial charge in [-0.3, -0.25) is 0 Å². The molecule has 0 aromatic carbocycles. The van der Waals surface area contributed by atoms with Crippen molar-refractivity contribution in [2.75, 3.05) is 6.61 Å². The van der Waals surface area contributed by atoms with E-state index in [-0.39, 0.29) is 6.61 Å². The second-order valence-electron chi connectivity index (χ2n) is 4.05. The smallest absolute Gasteiger partial charge is 0.342 e. The van der Waals surface area contributed by atoms with Gasteiger partial charge in [0.05, 0.1) is 0 Å². The highest BCUT2D eigenvalue weighted by molar-refractivity contribution is 6.08. The summed E-state index contributed by atoms with van der Waals surface area (Å²) >= 11 is 0. The maximum Gasteiger partial charge on any atom is 0.342 e. The average molecular weight is 187 g/mol. The van der Waals surface area contributed by atoms with Crippen molar-refractivity contribution >= 4 is 11.9 Å². The molecule has 2 N–H and O–H groups in total. The molecule has 5 heteroatoms. The van der Waals surface area contributed by atoms with Crippen LogP contribution in [-0.4, -0.2) is 29.7 Å². The lowest BCUT2D eigenvalue weighted by atomic mass is 9.98. The van der Waals surface area contributed by atoms with Crippen molar-refractivity contribution in [2.45, 2.75) is 31.9 Å². The van der Waals surface area contributed by atoms with Gasteiger partial charge >= 0.3 is 11.9 Å². The van der Waals surface area contributed by atoms with E-state index in [9.17, 15) is 9.59 Å². The molecule has 74 valence electrons. The van der Waals surface area contributed by atoms with Crippen molar-refractivity contribution in [1.82, 2.24) is 0 Å². The Morgan fingerprint density at radius 3 is 2.38 bits per heavy atom. The monoisotopic (exact) mass is 187 g/mol. The maximum atomic E-state index is 11.3. The van der Waals surface area contributed by atoms with Gasteiger partial charge < -0.3 is 15.2 Å². The van der Waals surface area contributed by atoms with Crippen LogP contribution in [0, 0.1) is 0 Å². The number of nitrogens with two attached hydrogens (primary N) is 1. The average Bonchev–Trinajstić information content (AvgIpc) is 1.97. The van der Waals surface area contributed by atoms with E-state index in [4.69, 9.17) is 10.5 Å². The van der Waals surface area contributed by atoms with Crippen LogP contribution in [0.4, 0.5) is 0 Å². The van der Waals surface area contributed by atoms with Gasteiger partial charge in [0.1, 0.15) is 12.2 Å². The fourth-order valence-electron chi connectivity index (χ4n) is 0.798. The Morgan fingerprint density at radius 2 is 2.15 bits per heavy atom. The van der Waals surface area contributed by atoms with Gasteiger partial charge in [0, 0.05) is 0 Å². The van der Waals surface area contributed by atoms with Crippen molar-refractivity contribution in [2.24, 2.45) is 5.73 Å². The molecule has 0 amide bonds. The number of carbonyl (C=O) groups is 2. The van der Waals surface area contributed by atoms with E-state index >= 15 is 0 Å². The summed E-state index contributed by atoms with van der Waals surface area (Å²) in [6.07, 6.45) is 0. The molecule has 0 spiro atoms. The molecule has 1 atom stereocenters. The summed E-state index contributed by atoms with van der Waals surface area (Å²) in [6, 6.07) is 0. The van der Waals surface area contributed by atoms with E-state index in [2.05, 4.69) is 4.74 Å². The number of hydrogen-bond acceptors (Lipinski definition) is 5. The Hall–Kier alpha value is -1.10. The third-order valence-electron chi connectivity index (χ3n) is 1.56. The lowest BCUT2D eigenvalue weighted by molar-refractivity contribution is -0.190. The standard InChI is InChI=1S/C8H13NO4/c1-7(2,3)13-6(11)8(9)4-12-5(8)10/h4,9H2,1-3H3/t8-/m0/s1. The maximum absolute atomic E-state index is 11.3. The molecule has 5 nitrogen and oxygen atoms in total. The van der Waals surface area contributed by atoms with E-state index in [1.165, 1.54) is 0 Å². The first-order valence-electron chi connectivity index (χ1n) is 3.95. The van der Waals surface area contributed by atoms with Crippen LogP contribution in [0.3, 0.4) is 0 Å². The predicted octanol–water partition coefficient (Wildman–Crippen LogP) is -0.418. The summed E-state index contributed by atoms with van der Waals surface area (Å²) < 4.78 is 9.37. The molecule has 1 aliphatic rings. The molecule has 1 rings (SSSR count). The number of ether oxygens (including phenoxy) is 2. The largest absolute Gasteiger partial charge is 0.461 e. The minimum absolute atomic E-state index is 0.0965. The summed E-state index contributed by atoms with van der Waals surface area (Å²) in [4.78, 5) is 22.2. The number of rotatable bonds is 1. The zero-order valence-electron chi connectivity index (χ0n) is 7.92. The molecular formula is C8H13NO4. The molecular weight excluding hydrogens is 174 g/mol. The molecule has 0 saturated carbocycles. The van der Waals surface area contributed by atoms with Crippen molar-refractivity contribution in [3.63, 3.8) is 0 Å². The van der Waals surface area contributed by atoms with Crippen LogP contribution in [0.1, 0.15) is 20.8 Å². The van der Waals surface area contributed by atoms with Crippen LogP contribution in [0.25, 0.3) is 0 Å². The van der Waals surface area contributed by atoms with Gasteiger partial charge in [-0.15, -0.1) is 0 Å². The molecule has 0 unspecified atom stereocenters. The molecule has 1 fully saturated rings. The first-order chi connectivity index (χ1) is 5.76.